The van der Waals surface area contributed by atoms with Crippen LogP contribution in [-0.2, 0) is 9.53 Å². The molecule has 0 spiro atoms. The van der Waals surface area contributed by atoms with Gasteiger partial charge in [-0.25, -0.2) is 9.78 Å². The highest BCUT2D eigenvalue weighted by atomic mass is 16.5. The Bertz CT molecular complexity index is 641. The Kier molecular flexibility index (Phi) is 3.60. The first-order valence-corrected chi connectivity index (χ1v) is 7.08. The number of rotatable bonds is 3. The second kappa shape index (κ2) is 5.55. The van der Waals surface area contributed by atoms with Crippen LogP contribution in [0.15, 0.2) is 30.6 Å². The summed E-state index contributed by atoms with van der Waals surface area (Å²) in [6.07, 6.45) is 4.65. The molecule has 0 bridgehead atoms. The summed E-state index contributed by atoms with van der Waals surface area (Å²) in [6.45, 7) is 3.10. The monoisotopic (exact) mass is 287 g/mol. The molecule has 0 radical (unpaired) electrons. The third-order valence-electron chi connectivity index (χ3n) is 3.62. The number of nitrogens with zero attached hydrogens (tertiary/aromatic N) is 3. The average Bonchev–Trinajstić information content (AvgIpc) is 3.15. The fourth-order valence-electron chi connectivity index (χ4n) is 2.50. The van der Waals surface area contributed by atoms with Gasteiger partial charge >= 0.3 is 5.97 Å². The number of ether oxygens (including phenoxy) is 1. The molecule has 1 saturated heterocycles. The molecule has 0 N–H and O–H groups in total. The van der Waals surface area contributed by atoms with Crippen LogP contribution in [0.4, 0.5) is 0 Å². The van der Waals surface area contributed by atoms with E-state index in [1.807, 2.05) is 12.1 Å². The molecule has 6 heteroatoms. The van der Waals surface area contributed by atoms with Crippen LogP contribution >= 0.6 is 0 Å². The number of esters is 1. The quantitative estimate of drug-likeness (QED) is 0.803. The molecule has 3 rings (SSSR count). The van der Waals surface area contributed by atoms with Gasteiger partial charge in [0.05, 0.1) is 0 Å². The zero-order valence-electron chi connectivity index (χ0n) is 11.9. The maximum Gasteiger partial charge on any atom is 0.359 e. The van der Waals surface area contributed by atoms with E-state index in [1.54, 1.807) is 34.7 Å². The van der Waals surface area contributed by atoms with E-state index >= 15 is 0 Å². The van der Waals surface area contributed by atoms with Crippen molar-refractivity contribution in [3.05, 3.63) is 36.3 Å². The predicted octanol–water partition coefficient (Wildman–Crippen LogP) is 1.50. The van der Waals surface area contributed by atoms with Crippen LogP contribution in [0.25, 0.3) is 5.65 Å². The fraction of sp³-hybridized carbons (Fsp3) is 0.400. The zero-order valence-corrected chi connectivity index (χ0v) is 11.9. The molecule has 3 heterocycles. The summed E-state index contributed by atoms with van der Waals surface area (Å²) in [6, 6.07) is 5.50. The van der Waals surface area contributed by atoms with Crippen molar-refractivity contribution >= 4 is 17.5 Å². The lowest BCUT2D eigenvalue weighted by Crippen LogP contribution is -2.38. The van der Waals surface area contributed by atoms with E-state index in [0.717, 1.165) is 25.9 Å². The molecule has 1 aliphatic heterocycles. The Labute approximate surface area is 122 Å². The van der Waals surface area contributed by atoms with Crippen LogP contribution in [0.2, 0.25) is 0 Å². The number of likely N-dealkylation sites (tertiary alicyclic amines) is 1. The van der Waals surface area contributed by atoms with Crippen molar-refractivity contribution in [1.82, 2.24) is 14.3 Å². The molecule has 110 valence electrons. The number of fused-ring (bicyclic) bond motifs is 1. The van der Waals surface area contributed by atoms with Gasteiger partial charge in [-0.3, -0.25) is 4.79 Å². The summed E-state index contributed by atoms with van der Waals surface area (Å²) < 4.78 is 6.97. The van der Waals surface area contributed by atoms with Crippen LogP contribution in [-0.4, -0.2) is 45.4 Å². The molecule has 21 heavy (non-hydrogen) atoms. The summed E-state index contributed by atoms with van der Waals surface area (Å²) in [5.74, 6) is -0.705. The van der Waals surface area contributed by atoms with Crippen molar-refractivity contribution in [2.24, 2.45) is 0 Å². The van der Waals surface area contributed by atoms with Gasteiger partial charge in [0, 0.05) is 25.5 Å². The van der Waals surface area contributed by atoms with E-state index in [-0.39, 0.29) is 11.6 Å². The van der Waals surface area contributed by atoms with Gasteiger partial charge in [-0.05, 0) is 31.9 Å². The largest absolute Gasteiger partial charge is 0.448 e. The number of aromatic nitrogens is 2. The van der Waals surface area contributed by atoms with Gasteiger partial charge in [-0.2, -0.15) is 0 Å². The molecule has 6 nitrogen and oxygen atoms in total. The van der Waals surface area contributed by atoms with Gasteiger partial charge in [0.15, 0.2) is 11.8 Å². The second-order valence-corrected chi connectivity index (χ2v) is 5.17. The molecule has 0 aliphatic carbocycles. The van der Waals surface area contributed by atoms with Crippen molar-refractivity contribution in [1.29, 1.82) is 0 Å². The predicted molar refractivity (Wildman–Crippen MR) is 75.9 cm³/mol. The van der Waals surface area contributed by atoms with Gasteiger partial charge in [0.25, 0.3) is 5.91 Å². The van der Waals surface area contributed by atoms with Crippen molar-refractivity contribution < 1.29 is 14.3 Å². The standard InChI is InChI=1S/C15H17N3O3/c1-11(14(19)17-7-4-5-8-17)21-15(20)12-10-18-9-3-2-6-13(18)16-12/h2-3,6,9-11H,4-5,7-8H2,1H3/t11-/m1/s1. The lowest BCUT2D eigenvalue weighted by molar-refractivity contribution is -0.138. The van der Waals surface area contributed by atoms with E-state index in [2.05, 4.69) is 4.98 Å². The lowest BCUT2D eigenvalue weighted by atomic mass is 10.3. The number of carbonyl (C=O) groups excluding carboxylic acids is 2. The first kappa shape index (κ1) is 13.6. The Morgan fingerprint density at radius 3 is 2.76 bits per heavy atom. The Hall–Kier alpha value is -2.37. The first-order valence-electron chi connectivity index (χ1n) is 7.08. The molecule has 1 aliphatic rings. The number of hydrogen-bond acceptors (Lipinski definition) is 4. The van der Waals surface area contributed by atoms with Gasteiger partial charge in [0.2, 0.25) is 0 Å². The van der Waals surface area contributed by atoms with E-state index in [1.165, 1.54) is 0 Å². The molecule has 2 aromatic heterocycles. The Balaban J connectivity index is 1.68. The van der Waals surface area contributed by atoms with Crippen LogP contribution in [0.3, 0.4) is 0 Å². The van der Waals surface area contributed by atoms with Crippen molar-refractivity contribution in [2.45, 2.75) is 25.9 Å². The minimum Gasteiger partial charge on any atom is -0.448 e. The van der Waals surface area contributed by atoms with Crippen molar-refractivity contribution in [3.8, 4) is 0 Å². The fourth-order valence-corrected chi connectivity index (χ4v) is 2.50. The first-order chi connectivity index (χ1) is 10.1. The zero-order chi connectivity index (χ0) is 14.8. The second-order valence-electron chi connectivity index (χ2n) is 5.17. The van der Waals surface area contributed by atoms with E-state index < -0.39 is 12.1 Å². The van der Waals surface area contributed by atoms with Crippen LogP contribution in [0.1, 0.15) is 30.3 Å². The Morgan fingerprint density at radius 1 is 1.29 bits per heavy atom. The van der Waals surface area contributed by atoms with Gasteiger partial charge in [-0.15, -0.1) is 0 Å². The lowest BCUT2D eigenvalue weighted by Gasteiger charge is -2.19. The van der Waals surface area contributed by atoms with Crippen molar-refractivity contribution in [2.75, 3.05) is 13.1 Å². The van der Waals surface area contributed by atoms with Gasteiger partial charge in [0.1, 0.15) is 5.65 Å². The molecule has 1 amide bonds. The maximum absolute atomic E-state index is 12.1. The topological polar surface area (TPSA) is 63.9 Å². The summed E-state index contributed by atoms with van der Waals surface area (Å²) >= 11 is 0. The number of carbonyl (C=O) groups is 2. The van der Waals surface area contributed by atoms with Gasteiger partial charge < -0.3 is 14.0 Å². The normalized spacial score (nSPS) is 16.1. The highest BCUT2D eigenvalue weighted by molar-refractivity contribution is 5.91. The summed E-state index contributed by atoms with van der Waals surface area (Å²) in [5, 5.41) is 0. The van der Waals surface area contributed by atoms with Crippen LogP contribution < -0.4 is 0 Å². The minimum absolute atomic E-state index is 0.135. The van der Waals surface area contributed by atoms with E-state index in [0.29, 0.717) is 5.65 Å². The summed E-state index contributed by atoms with van der Waals surface area (Å²) in [4.78, 5) is 30.1. The molecule has 0 saturated carbocycles. The van der Waals surface area contributed by atoms with Gasteiger partial charge in [-0.1, -0.05) is 6.07 Å². The summed E-state index contributed by atoms with van der Waals surface area (Å²) in [5.41, 5.74) is 0.880. The molecule has 1 atom stereocenters. The molecular formula is C15H17N3O3. The third kappa shape index (κ3) is 2.74. The van der Waals surface area contributed by atoms with Crippen LogP contribution in [0.5, 0.6) is 0 Å². The summed E-state index contributed by atoms with van der Waals surface area (Å²) in [7, 11) is 0. The number of hydrogen-bond donors (Lipinski definition) is 0. The highest BCUT2D eigenvalue weighted by Crippen LogP contribution is 2.12. The number of imidazole rings is 1. The smallest absolute Gasteiger partial charge is 0.359 e. The Morgan fingerprint density at radius 2 is 2.05 bits per heavy atom. The molecule has 1 fully saturated rings. The molecule has 0 unspecified atom stereocenters. The molecule has 2 aromatic rings. The van der Waals surface area contributed by atoms with E-state index in [4.69, 9.17) is 4.74 Å². The average molecular weight is 287 g/mol. The highest BCUT2D eigenvalue weighted by Gasteiger charge is 2.26. The van der Waals surface area contributed by atoms with Crippen molar-refractivity contribution in [3.63, 3.8) is 0 Å². The minimum atomic E-state index is -0.777. The number of amides is 1. The molecule has 0 aromatic carbocycles. The third-order valence-corrected chi connectivity index (χ3v) is 3.62. The molecular weight excluding hydrogens is 270 g/mol. The maximum atomic E-state index is 12.1. The van der Waals surface area contributed by atoms with Crippen LogP contribution in [0, 0.1) is 0 Å². The SMILES string of the molecule is C[C@@H](OC(=O)c1cn2ccccc2n1)C(=O)N1CCCC1. The number of pyridine rings is 1. The van der Waals surface area contributed by atoms with E-state index in [9.17, 15) is 9.59 Å².